The number of anilines is 2. The Morgan fingerprint density at radius 2 is 1.91 bits per heavy atom. The van der Waals surface area contributed by atoms with Crippen molar-refractivity contribution in [2.45, 2.75) is 77.0 Å². The number of benzene rings is 2. The maximum atomic E-state index is 12.6. The Morgan fingerprint density at radius 1 is 1.13 bits per heavy atom. The molecule has 3 aromatic rings. The van der Waals surface area contributed by atoms with E-state index in [9.17, 15) is 4.79 Å². The number of nitrogens with zero attached hydrogens (tertiary/aromatic N) is 7. The molecule has 3 aliphatic rings. The molecular formula is C37H47N7O2. The van der Waals surface area contributed by atoms with E-state index in [1.807, 2.05) is 0 Å². The lowest BCUT2D eigenvalue weighted by Gasteiger charge is -2.41. The third kappa shape index (κ3) is 6.54. The van der Waals surface area contributed by atoms with Gasteiger partial charge in [0, 0.05) is 54.9 Å². The van der Waals surface area contributed by atoms with Crippen molar-refractivity contribution in [1.82, 2.24) is 19.8 Å². The van der Waals surface area contributed by atoms with Gasteiger partial charge < -0.3 is 24.3 Å². The summed E-state index contributed by atoms with van der Waals surface area (Å²) in [6, 6.07) is 14.0. The molecule has 1 amide bonds. The van der Waals surface area contributed by atoms with Crippen LogP contribution in [0.5, 0.6) is 6.01 Å². The highest BCUT2D eigenvalue weighted by Gasteiger charge is 2.35. The van der Waals surface area contributed by atoms with Crippen LogP contribution in [0.2, 0.25) is 0 Å². The molecule has 1 aromatic heterocycles. The van der Waals surface area contributed by atoms with E-state index in [4.69, 9.17) is 21.3 Å². The number of hydrogen-bond donors (Lipinski definition) is 0. The van der Waals surface area contributed by atoms with Gasteiger partial charge in [0.05, 0.1) is 12.2 Å². The summed E-state index contributed by atoms with van der Waals surface area (Å²) in [5.41, 5.74) is 4.61. The number of carbonyl (C=O) groups is 1. The molecule has 2 atom stereocenters. The molecule has 9 nitrogen and oxygen atoms in total. The zero-order chi connectivity index (χ0) is 32.2. The molecule has 3 heterocycles. The highest BCUT2D eigenvalue weighted by molar-refractivity contribution is 5.97. The van der Waals surface area contributed by atoms with Crippen LogP contribution in [0, 0.1) is 13.5 Å². The van der Waals surface area contributed by atoms with Crippen molar-refractivity contribution in [3.8, 4) is 6.01 Å². The number of fused-ring (bicyclic) bond motifs is 2. The first-order valence-electron chi connectivity index (χ1n) is 16.9. The molecule has 6 rings (SSSR count). The zero-order valence-electron chi connectivity index (χ0n) is 27.6. The van der Waals surface area contributed by atoms with Crippen LogP contribution in [0.4, 0.5) is 11.5 Å². The first-order chi connectivity index (χ1) is 22.4. The van der Waals surface area contributed by atoms with Gasteiger partial charge in [0.1, 0.15) is 18.5 Å². The predicted molar refractivity (Wildman–Crippen MR) is 184 cm³/mol. The fourth-order valence-corrected chi connectivity index (χ4v) is 7.57. The van der Waals surface area contributed by atoms with Crippen LogP contribution in [-0.4, -0.2) is 90.2 Å². The summed E-state index contributed by atoms with van der Waals surface area (Å²) >= 11 is 0. The topological polar surface area (TPSA) is 69.4 Å². The summed E-state index contributed by atoms with van der Waals surface area (Å²) < 4.78 is 6.42. The summed E-state index contributed by atoms with van der Waals surface area (Å²) in [6.07, 6.45) is 8.57. The second-order valence-corrected chi connectivity index (χ2v) is 13.2. The molecule has 46 heavy (non-hydrogen) atoms. The molecular weight excluding hydrogens is 574 g/mol. The molecule has 2 aromatic carbocycles. The molecule has 0 spiro atoms. The SMILES string of the molecule is [C-]#[N+]C[C@H]1CN(c2nc(OC[C@H](C)N(C)C3CCCCC3)nc3c2CCN(c2cccc4cccc(C)c24)C3)CCN1C(=O)C=C. The van der Waals surface area contributed by atoms with Gasteiger partial charge in [-0.1, -0.05) is 56.2 Å². The molecule has 9 heteroatoms. The van der Waals surface area contributed by atoms with Crippen molar-refractivity contribution in [3.05, 3.63) is 77.3 Å². The molecule has 1 aliphatic carbocycles. The number of aromatic nitrogens is 2. The summed E-state index contributed by atoms with van der Waals surface area (Å²) in [5.74, 6) is 0.752. The van der Waals surface area contributed by atoms with Gasteiger partial charge in [0.15, 0.2) is 0 Å². The lowest BCUT2D eigenvalue weighted by Crippen LogP contribution is -2.56. The van der Waals surface area contributed by atoms with Crippen LogP contribution in [0.25, 0.3) is 15.6 Å². The number of rotatable bonds is 9. The van der Waals surface area contributed by atoms with Crippen molar-refractivity contribution in [2.75, 3.05) is 56.2 Å². The summed E-state index contributed by atoms with van der Waals surface area (Å²) in [4.78, 5) is 35.3. The number of aryl methyl sites for hydroxylation is 1. The normalized spacial score (nSPS) is 19.5. The van der Waals surface area contributed by atoms with Crippen molar-refractivity contribution < 1.29 is 9.53 Å². The van der Waals surface area contributed by atoms with Crippen molar-refractivity contribution in [1.29, 1.82) is 0 Å². The minimum Gasteiger partial charge on any atom is -0.462 e. The Bertz CT molecular complexity index is 1610. The van der Waals surface area contributed by atoms with Crippen LogP contribution in [0.15, 0.2) is 49.1 Å². The van der Waals surface area contributed by atoms with E-state index in [1.54, 1.807) is 4.90 Å². The second-order valence-electron chi connectivity index (χ2n) is 13.2. The van der Waals surface area contributed by atoms with Gasteiger partial charge in [-0.25, -0.2) is 6.57 Å². The van der Waals surface area contributed by atoms with Crippen molar-refractivity contribution in [2.24, 2.45) is 0 Å². The summed E-state index contributed by atoms with van der Waals surface area (Å²) in [5, 5.41) is 2.52. The average Bonchev–Trinajstić information content (AvgIpc) is 3.09. The number of piperazine rings is 1. The molecule has 242 valence electrons. The van der Waals surface area contributed by atoms with Gasteiger partial charge in [-0.05, 0) is 63.2 Å². The lowest BCUT2D eigenvalue weighted by molar-refractivity contribution is -0.128. The fourth-order valence-electron chi connectivity index (χ4n) is 7.57. The maximum absolute atomic E-state index is 12.6. The maximum Gasteiger partial charge on any atom is 0.318 e. The van der Waals surface area contributed by atoms with Crippen LogP contribution < -0.4 is 14.5 Å². The van der Waals surface area contributed by atoms with Gasteiger partial charge in [-0.15, -0.1) is 0 Å². The first kappa shape index (κ1) is 31.8. The quantitative estimate of drug-likeness (QED) is 0.226. The van der Waals surface area contributed by atoms with Gasteiger partial charge in [0.2, 0.25) is 12.5 Å². The molecule has 0 radical (unpaired) electrons. The molecule has 0 unspecified atom stereocenters. The van der Waals surface area contributed by atoms with E-state index in [2.05, 4.69) is 83.4 Å². The van der Waals surface area contributed by atoms with E-state index < -0.39 is 0 Å². The van der Waals surface area contributed by atoms with Crippen LogP contribution in [0.3, 0.4) is 0 Å². The second kappa shape index (κ2) is 14.1. The Kier molecular flexibility index (Phi) is 9.74. The average molecular weight is 622 g/mol. The van der Waals surface area contributed by atoms with Crippen molar-refractivity contribution >= 4 is 28.2 Å². The highest BCUT2D eigenvalue weighted by atomic mass is 16.5. The third-order valence-corrected chi connectivity index (χ3v) is 10.3. The van der Waals surface area contributed by atoms with E-state index >= 15 is 0 Å². The molecule has 1 saturated heterocycles. The number of carbonyl (C=O) groups excluding carboxylic acids is 1. The zero-order valence-corrected chi connectivity index (χ0v) is 27.6. The van der Waals surface area contributed by atoms with E-state index in [0.717, 1.165) is 30.0 Å². The monoisotopic (exact) mass is 621 g/mol. The molecule has 0 bridgehead atoms. The Labute approximate surface area is 273 Å². The molecule has 0 N–H and O–H groups in total. The Morgan fingerprint density at radius 3 is 2.67 bits per heavy atom. The van der Waals surface area contributed by atoms with Gasteiger partial charge >= 0.3 is 6.01 Å². The molecule has 2 aliphatic heterocycles. The van der Waals surface area contributed by atoms with Crippen molar-refractivity contribution in [3.63, 3.8) is 0 Å². The van der Waals surface area contributed by atoms with E-state index in [1.165, 1.54) is 60.2 Å². The van der Waals surface area contributed by atoms with Crippen LogP contribution in [-0.2, 0) is 17.8 Å². The summed E-state index contributed by atoms with van der Waals surface area (Å²) in [7, 11) is 2.22. The third-order valence-electron chi connectivity index (χ3n) is 10.3. The number of ether oxygens (including phenoxy) is 1. The van der Waals surface area contributed by atoms with E-state index in [-0.39, 0.29) is 24.5 Å². The lowest BCUT2D eigenvalue weighted by atomic mass is 9.94. The minimum absolute atomic E-state index is 0.126. The molecule has 2 fully saturated rings. The van der Waals surface area contributed by atoms with Gasteiger partial charge in [-0.2, -0.15) is 9.97 Å². The minimum atomic E-state index is -0.227. The van der Waals surface area contributed by atoms with Gasteiger partial charge in [-0.3, -0.25) is 9.69 Å². The fraction of sp³-hybridized carbons (Fsp3) is 0.514. The van der Waals surface area contributed by atoms with E-state index in [0.29, 0.717) is 44.8 Å². The van der Waals surface area contributed by atoms with Gasteiger partial charge in [0.25, 0.3) is 0 Å². The number of likely N-dealkylation sites (N-methyl/N-ethyl adjacent to an activating group) is 1. The highest BCUT2D eigenvalue weighted by Crippen LogP contribution is 2.36. The smallest absolute Gasteiger partial charge is 0.318 e. The number of amides is 1. The Hall–Kier alpha value is -4.16. The first-order valence-corrected chi connectivity index (χ1v) is 16.9. The summed E-state index contributed by atoms with van der Waals surface area (Å²) in [6.45, 7) is 19.6. The van der Waals surface area contributed by atoms with Crippen LogP contribution in [0.1, 0.15) is 55.8 Å². The Balaban J connectivity index is 1.30. The largest absolute Gasteiger partial charge is 0.462 e. The standard InChI is InChI=1S/C37H47N7O2/c1-6-34(45)44-21-20-43(23-30(44)22-38-4)36-31-18-19-42(33-17-11-14-28-13-10-12-26(2)35(28)33)24-32(31)39-37(40-36)46-25-27(3)41(5)29-15-8-7-9-16-29/h6,10-14,17,27,29-30H,1,7-9,15-16,18-25H2,2-3,5H3/t27-,30-/m0/s1. The number of hydrogen-bond acceptors (Lipinski definition) is 7. The van der Waals surface area contributed by atoms with Crippen LogP contribution >= 0.6 is 0 Å². The predicted octanol–water partition coefficient (Wildman–Crippen LogP) is 5.66. The molecule has 1 saturated carbocycles.